The molecule has 152 valence electrons. The molecule has 0 radical (unpaired) electrons. The predicted molar refractivity (Wildman–Crippen MR) is 113 cm³/mol. The maximum Gasteiger partial charge on any atom is 0.284 e. The fourth-order valence-electron chi connectivity index (χ4n) is 2.70. The van der Waals surface area contributed by atoms with Gasteiger partial charge in [0.1, 0.15) is 11.5 Å². The van der Waals surface area contributed by atoms with Gasteiger partial charge in [-0.25, -0.2) is 0 Å². The molecule has 29 heavy (non-hydrogen) atoms. The van der Waals surface area contributed by atoms with Gasteiger partial charge in [-0.3, -0.25) is 9.69 Å². The molecule has 7 nitrogen and oxygen atoms in total. The number of sulfonamides is 1. The molecule has 0 saturated carbocycles. The summed E-state index contributed by atoms with van der Waals surface area (Å²) in [7, 11) is -3.98. The number of nitrogens with zero attached hydrogens (tertiary/aromatic N) is 2. The van der Waals surface area contributed by atoms with Crippen molar-refractivity contribution in [1.82, 2.24) is 4.90 Å². The number of benzene rings is 2. The predicted octanol–water partition coefficient (Wildman–Crippen LogP) is 3.34. The number of aryl methyl sites for hydroxylation is 1. The SMILES string of the molecule is CCc1ccc(S(=O)(=O)N=C2S/C(=C\c3ccc(O)cc3O)C(=O)N2CC)cc1. The van der Waals surface area contributed by atoms with Crippen molar-refractivity contribution >= 4 is 38.9 Å². The number of phenols is 2. The smallest absolute Gasteiger partial charge is 0.284 e. The lowest BCUT2D eigenvalue weighted by molar-refractivity contribution is -0.122. The number of hydrogen-bond acceptors (Lipinski definition) is 6. The van der Waals surface area contributed by atoms with Crippen molar-refractivity contribution in [2.75, 3.05) is 6.54 Å². The van der Waals surface area contributed by atoms with Crippen LogP contribution in [0.15, 0.2) is 56.7 Å². The summed E-state index contributed by atoms with van der Waals surface area (Å²) < 4.78 is 29.3. The zero-order valence-electron chi connectivity index (χ0n) is 15.9. The number of hydrogen-bond donors (Lipinski definition) is 2. The first kappa shape index (κ1) is 20.9. The van der Waals surface area contributed by atoms with Gasteiger partial charge in [0.25, 0.3) is 15.9 Å². The van der Waals surface area contributed by atoms with E-state index in [1.54, 1.807) is 19.1 Å². The van der Waals surface area contributed by atoms with Crippen molar-refractivity contribution in [2.24, 2.45) is 4.40 Å². The molecule has 0 aromatic heterocycles. The number of amides is 1. The van der Waals surface area contributed by atoms with Crippen molar-refractivity contribution < 1.29 is 23.4 Å². The molecule has 3 rings (SSSR count). The van der Waals surface area contributed by atoms with Crippen LogP contribution in [0.1, 0.15) is 25.0 Å². The third kappa shape index (κ3) is 4.46. The number of phenolic OH excluding ortho intramolecular Hbond substituents is 2. The maximum absolute atomic E-state index is 12.7. The Hall–Kier alpha value is -2.78. The number of carbonyl (C=O) groups is 1. The summed E-state index contributed by atoms with van der Waals surface area (Å²) in [5.74, 6) is -0.698. The van der Waals surface area contributed by atoms with Gasteiger partial charge in [0.15, 0.2) is 5.17 Å². The lowest BCUT2D eigenvalue weighted by Gasteiger charge is -2.12. The molecule has 1 aliphatic rings. The van der Waals surface area contributed by atoms with E-state index in [2.05, 4.69) is 4.40 Å². The van der Waals surface area contributed by atoms with E-state index in [0.29, 0.717) is 5.56 Å². The lowest BCUT2D eigenvalue weighted by atomic mass is 10.1. The highest BCUT2D eigenvalue weighted by atomic mass is 32.2. The summed E-state index contributed by atoms with van der Waals surface area (Å²) in [6.07, 6.45) is 2.23. The third-order valence-corrected chi connectivity index (χ3v) is 6.74. The fourth-order valence-corrected chi connectivity index (χ4v) is 4.94. The van der Waals surface area contributed by atoms with E-state index >= 15 is 0 Å². The average molecular weight is 433 g/mol. The molecule has 9 heteroatoms. The van der Waals surface area contributed by atoms with Crippen LogP contribution in [0.5, 0.6) is 11.5 Å². The van der Waals surface area contributed by atoms with E-state index < -0.39 is 15.9 Å². The van der Waals surface area contributed by atoms with E-state index in [9.17, 15) is 23.4 Å². The molecule has 2 aromatic rings. The van der Waals surface area contributed by atoms with E-state index in [-0.39, 0.29) is 33.0 Å². The largest absolute Gasteiger partial charge is 0.508 e. The summed E-state index contributed by atoms with van der Waals surface area (Å²) in [4.78, 5) is 14.2. The van der Waals surface area contributed by atoms with Crippen molar-refractivity contribution in [3.63, 3.8) is 0 Å². The molecule has 2 N–H and O–H groups in total. The minimum atomic E-state index is -3.98. The molecule has 1 aliphatic heterocycles. The first-order chi connectivity index (χ1) is 13.7. The highest BCUT2D eigenvalue weighted by molar-refractivity contribution is 8.19. The van der Waals surface area contributed by atoms with Crippen LogP contribution in [0.3, 0.4) is 0 Å². The number of aromatic hydroxyl groups is 2. The molecule has 1 heterocycles. The second-order valence-corrected chi connectivity index (χ2v) is 8.86. The van der Waals surface area contributed by atoms with Crippen LogP contribution < -0.4 is 0 Å². The Kier molecular flexibility index (Phi) is 5.99. The van der Waals surface area contributed by atoms with Crippen LogP contribution >= 0.6 is 11.8 Å². The molecule has 1 saturated heterocycles. The van der Waals surface area contributed by atoms with Crippen LogP contribution in [0, 0.1) is 0 Å². The molecule has 1 amide bonds. The van der Waals surface area contributed by atoms with Gasteiger partial charge in [-0.1, -0.05) is 19.1 Å². The lowest BCUT2D eigenvalue weighted by Crippen LogP contribution is -2.29. The Morgan fingerprint density at radius 2 is 1.79 bits per heavy atom. The summed E-state index contributed by atoms with van der Waals surface area (Å²) in [5.41, 5.74) is 1.34. The van der Waals surface area contributed by atoms with Crippen molar-refractivity contribution in [3.05, 3.63) is 58.5 Å². The molecule has 0 aliphatic carbocycles. The maximum atomic E-state index is 12.7. The molecule has 0 bridgehead atoms. The topological polar surface area (TPSA) is 107 Å². The number of likely N-dealkylation sites (N-methyl/N-ethyl adjacent to an activating group) is 1. The van der Waals surface area contributed by atoms with Gasteiger partial charge in [-0.05, 0) is 61.0 Å². The van der Waals surface area contributed by atoms with Crippen molar-refractivity contribution in [1.29, 1.82) is 0 Å². The Morgan fingerprint density at radius 1 is 1.10 bits per heavy atom. The summed E-state index contributed by atoms with van der Waals surface area (Å²) >= 11 is 0.923. The Balaban J connectivity index is 1.96. The van der Waals surface area contributed by atoms with Gasteiger partial charge < -0.3 is 10.2 Å². The van der Waals surface area contributed by atoms with E-state index in [1.807, 2.05) is 6.92 Å². The average Bonchev–Trinajstić information content (AvgIpc) is 2.97. The Labute approximate surface area is 173 Å². The van der Waals surface area contributed by atoms with Crippen molar-refractivity contribution in [2.45, 2.75) is 25.2 Å². The van der Waals surface area contributed by atoms with E-state index in [1.165, 1.54) is 35.2 Å². The summed E-state index contributed by atoms with van der Waals surface area (Å²) in [5, 5.41) is 19.4. The van der Waals surface area contributed by atoms with E-state index in [4.69, 9.17) is 0 Å². The van der Waals surface area contributed by atoms with Gasteiger partial charge in [0.05, 0.1) is 9.80 Å². The standard InChI is InChI=1S/C20H20N2O5S2/c1-3-13-5-9-16(10-6-13)29(26,27)21-20-22(4-2)19(25)18(28-20)11-14-7-8-15(23)12-17(14)24/h5-12,23-24H,3-4H2,1-2H3/b18-11-,21-20?. The first-order valence-electron chi connectivity index (χ1n) is 8.92. The molecular formula is C20H20N2O5S2. The third-order valence-electron chi connectivity index (χ3n) is 4.33. The normalized spacial score (nSPS) is 17.4. The molecule has 0 spiro atoms. The summed E-state index contributed by atoms with van der Waals surface area (Å²) in [6.45, 7) is 3.94. The minimum Gasteiger partial charge on any atom is -0.508 e. The molecular weight excluding hydrogens is 412 g/mol. The van der Waals surface area contributed by atoms with Crippen LogP contribution in [0.4, 0.5) is 0 Å². The molecule has 1 fully saturated rings. The highest BCUT2D eigenvalue weighted by Gasteiger charge is 2.34. The van der Waals surface area contributed by atoms with E-state index in [0.717, 1.165) is 29.8 Å². The second-order valence-electron chi connectivity index (χ2n) is 6.25. The van der Waals surface area contributed by atoms with Gasteiger partial charge in [-0.15, -0.1) is 4.40 Å². The highest BCUT2D eigenvalue weighted by Crippen LogP contribution is 2.35. The zero-order chi connectivity index (χ0) is 21.2. The number of amidine groups is 1. The van der Waals surface area contributed by atoms with Crippen molar-refractivity contribution in [3.8, 4) is 11.5 Å². The number of rotatable bonds is 5. The van der Waals surface area contributed by atoms with Gasteiger partial charge in [0, 0.05) is 18.2 Å². The van der Waals surface area contributed by atoms with Crippen LogP contribution in [-0.2, 0) is 21.2 Å². The van der Waals surface area contributed by atoms with Crippen LogP contribution in [-0.4, -0.2) is 41.2 Å². The van der Waals surface area contributed by atoms with Gasteiger partial charge in [-0.2, -0.15) is 8.42 Å². The van der Waals surface area contributed by atoms with Gasteiger partial charge in [0.2, 0.25) is 0 Å². The zero-order valence-corrected chi connectivity index (χ0v) is 17.5. The Bertz CT molecular complexity index is 1110. The minimum absolute atomic E-state index is 0.0555. The number of thioether (sulfide) groups is 1. The van der Waals surface area contributed by atoms with Crippen LogP contribution in [0.2, 0.25) is 0 Å². The monoisotopic (exact) mass is 432 g/mol. The molecule has 0 unspecified atom stereocenters. The molecule has 0 atom stereocenters. The summed E-state index contributed by atoms with van der Waals surface area (Å²) in [6, 6.07) is 10.5. The number of carbonyl (C=O) groups excluding carboxylic acids is 1. The van der Waals surface area contributed by atoms with Gasteiger partial charge >= 0.3 is 0 Å². The first-order valence-corrected chi connectivity index (χ1v) is 11.2. The quantitative estimate of drug-likeness (QED) is 0.702. The fraction of sp³-hybridized carbons (Fsp3) is 0.200. The molecule has 2 aromatic carbocycles. The second kappa shape index (κ2) is 8.30. The Morgan fingerprint density at radius 3 is 2.38 bits per heavy atom. The van der Waals surface area contributed by atoms with Crippen LogP contribution in [0.25, 0.3) is 6.08 Å².